The number of aromatic nitrogens is 1. The van der Waals surface area contributed by atoms with Gasteiger partial charge in [0.2, 0.25) is 0 Å². The average Bonchev–Trinajstić information content (AvgIpc) is 2.26. The van der Waals surface area contributed by atoms with Gasteiger partial charge < -0.3 is 5.73 Å². The van der Waals surface area contributed by atoms with E-state index in [4.69, 9.17) is 5.73 Å². The minimum atomic E-state index is -1.47. The Bertz CT molecular complexity index is 663. The monoisotopic (exact) mass is 258 g/mol. The second kappa shape index (κ2) is 4.43. The Morgan fingerprint density at radius 1 is 1.28 bits per heavy atom. The normalized spacial score (nSPS) is 11.1. The van der Waals surface area contributed by atoms with E-state index in [-0.39, 0.29) is 11.3 Å². The van der Waals surface area contributed by atoms with E-state index in [0.717, 1.165) is 10.9 Å². The zero-order valence-corrected chi connectivity index (χ0v) is 11.7. The number of hydrogen-bond acceptors (Lipinski definition) is 2. The van der Waals surface area contributed by atoms with E-state index in [1.807, 2.05) is 6.07 Å². The van der Waals surface area contributed by atoms with Crippen molar-refractivity contribution >= 4 is 24.8 Å². The van der Waals surface area contributed by atoms with E-state index in [9.17, 15) is 4.39 Å². The van der Waals surface area contributed by atoms with E-state index >= 15 is 0 Å². The fourth-order valence-electron chi connectivity index (χ4n) is 1.59. The van der Waals surface area contributed by atoms with Gasteiger partial charge in [0.25, 0.3) is 0 Å². The summed E-state index contributed by atoms with van der Waals surface area (Å²) < 4.78 is 13.7. The Morgan fingerprint density at radius 2 is 2.00 bits per heavy atom. The maximum atomic E-state index is 13.7. The van der Waals surface area contributed by atoms with Crippen molar-refractivity contribution in [1.82, 2.24) is 4.98 Å². The molecule has 0 saturated carbocycles. The second-order valence-electron chi connectivity index (χ2n) is 5.23. The van der Waals surface area contributed by atoms with Gasteiger partial charge in [-0.15, -0.1) is 5.54 Å². The lowest BCUT2D eigenvalue weighted by molar-refractivity contribution is 0.637. The first-order valence-electron chi connectivity index (χ1n) is 5.75. The molecule has 18 heavy (non-hydrogen) atoms. The van der Waals surface area contributed by atoms with Gasteiger partial charge >= 0.3 is 0 Å². The van der Waals surface area contributed by atoms with Crippen LogP contribution in [0.1, 0.15) is 5.56 Å². The molecule has 0 fully saturated rings. The molecule has 0 saturated heterocycles. The van der Waals surface area contributed by atoms with Gasteiger partial charge in [-0.3, -0.25) is 0 Å². The number of nitrogens with two attached hydrogens (primary N) is 1. The zero-order valence-electron chi connectivity index (χ0n) is 10.7. The second-order valence-corrected chi connectivity index (χ2v) is 9.98. The molecule has 0 radical (unpaired) electrons. The molecule has 1 aromatic carbocycles. The largest absolute Gasteiger partial charge is 0.384 e. The number of fused-ring (bicyclic) bond motifs is 1. The van der Waals surface area contributed by atoms with Crippen molar-refractivity contribution in [3.05, 3.63) is 35.6 Å². The van der Waals surface area contributed by atoms with Crippen LogP contribution in [0.25, 0.3) is 10.9 Å². The van der Waals surface area contributed by atoms with Crippen LogP contribution in [0.3, 0.4) is 0 Å². The van der Waals surface area contributed by atoms with Crippen LogP contribution in [0, 0.1) is 17.3 Å². The predicted molar refractivity (Wildman–Crippen MR) is 76.3 cm³/mol. The fraction of sp³-hybridized carbons (Fsp3) is 0.214. The molecule has 0 amide bonds. The first-order chi connectivity index (χ1) is 8.37. The summed E-state index contributed by atoms with van der Waals surface area (Å²) in [4.78, 5) is 4.03. The Hall–Kier alpha value is -1.86. The van der Waals surface area contributed by atoms with Crippen LogP contribution in [0.4, 0.5) is 10.2 Å². The van der Waals surface area contributed by atoms with Crippen LogP contribution < -0.4 is 5.73 Å². The number of para-hydroxylation sites is 1. The smallest absolute Gasteiger partial charge is 0.149 e. The van der Waals surface area contributed by atoms with Gasteiger partial charge in [0.1, 0.15) is 25.2 Å². The molecule has 1 heterocycles. The predicted octanol–water partition coefficient (Wildman–Crippen LogP) is 3.19. The van der Waals surface area contributed by atoms with Gasteiger partial charge in [-0.1, -0.05) is 37.7 Å². The Labute approximate surface area is 107 Å². The fourth-order valence-corrected chi connectivity index (χ4v) is 2.10. The molecule has 4 heteroatoms. The van der Waals surface area contributed by atoms with E-state index in [0.29, 0.717) is 5.82 Å². The minimum Gasteiger partial charge on any atom is -0.384 e. The highest BCUT2D eigenvalue weighted by atomic mass is 28.3. The van der Waals surface area contributed by atoms with Gasteiger partial charge in [-0.05, 0) is 12.1 Å². The molecule has 1 aromatic heterocycles. The summed E-state index contributed by atoms with van der Waals surface area (Å²) in [5, 5.41) is 0.718. The molecule has 2 nitrogen and oxygen atoms in total. The van der Waals surface area contributed by atoms with Crippen molar-refractivity contribution in [3.8, 4) is 11.5 Å². The van der Waals surface area contributed by atoms with Gasteiger partial charge in [0.05, 0.1) is 0 Å². The van der Waals surface area contributed by atoms with Crippen molar-refractivity contribution in [3.63, 3.8) is 0 Å². The molecule has 0 aliphatic heterocycles. The molecule has 0 atom stereocenters. The highest BCUT2D eigenvalue weighted by molar-refractivity contribution is 6.83. The maximum Gasteiger partial charge on any atom is 0.149 e. The van der Waals surface area contributed by atoms with Crippen molar-refractivity contribution in [2.24, 2.45) is 0 Å². The van der Waals surface area contributed by atoms with Crippen LogP contribution in [0.15, 0.2) is 24.3 Å². The van der Waals surface area contributed by atoms with E-state index in [1.54, 1.807) is 12.1 Å². The number of anilines is 1. The van der Waals surface area contributed by atoms with Gasteiger partial charge in [0.15, 0.2) is 0 Å². The van der Waals surface area contributed by atoms with Gasteiger partial charge in [-0.2, -0.15) is 0 Å². The van der Waals surface area contributed by atoms with Gasteiger partial charge in [0, 0.05) is 10.9 Å². The number of rotatable bonds is 0. The molecule has 0 aliphatic rings. The lowest BCUT2D eigenvalue weighted by Gasteiger charge is -2.06. The number of pyridine rings is 1. The van der Waals surface area contributed by atoms with Gasteiger partial charge in [-0.25, -0.2) is 9.37 Å². The van der Waals surface area contributed by atoms with Crippen LogP contribution in [-0.2, 0) is 0 Å². The van der Waals surface area contributed by atoms with Crippen molar-refractivity contribution < 1.29 is 4.39 Å². The molecule has 0 bridgehead atoms. The molecular weight excluding hydrogens is 243 g/mol. The third-order valence-corrected chi connectivity index (χ3v) is 3.26. The third-order valence-electron chi connectivity index (χ3n) is 2.38. The van der Waals surface area contributed by atoms with Crippen molar-refractivity contribution in [1.29, 1.82) is 0 Å². The maximum absolute atomic E-state index is 13.7. The van der Waals surface area contributed by atoms with Crippen LogP contribution in [0.2, 0.25) is 19.6 Å². The molecule has 0 unspecified atom stereocenters. The highest BCUT2D eigenvalue weighted by Crippen LogP contribution is 2.21. The minimum absolute atomic E-state index is 0.289. The number of hydrogen-bond donors (Lipinski definition) is 1. The number of nitrogens with zero attached hydrogens (tertiary/aromatic N) is 1. The molecule has 92 valence electrons. The Morgan fingerprint density at radius 3 is 2.67 bits per heavy atom. The molecule has 2 N–H and O–H groups in total. The SMILES string of the molecule is C[Si](C)(C)C#Cc1cc(N)nc2c(F)cccc12. The molecule has 2 aromatic rings. The topological polar surface area (TPSA) is 38.9 Å². The van der Waals surface area contributed by atoms with E-state index in [2.05, 4.69) is 36.1 Å². The van der Waals surface area contributed by atoms with Crippen molar-refractivity contribution in [2.75, 3.05) is 5.73 Å². The summed E-state index contributed by atoms with van der Waals surface area (Å²) >= 11 is 0. The Kier molecular flexibility index (Phi) is 3.10. The summed E-state index contributed by atoms with van der Waals surface area (Å²) in [5.74, 6) is 3.05. The summed E-state index contributed by atoms with van der Waals surface area (Å²) in [5.41, 5.74) is 10.00. The summed E-state index contributed by atoms with van der Waals surface area (Å²) in [6.07, 6.45) is 0. The van der Waals surface area contributed by atoms with E-state index in [1.165, 1.54) is 6.07 Å². The summed E-state index contributed by atoms with van der Waals surface area (Å²) in [7, 11) is -1.47. The quantitative estimate of drug-likeness (QED) is 0.582. The molecule has 2 rings (SSSR count). The standard InChI is InChI=1S/C14H15FN2Si/c1-18(2,3)8-7-10-9-13(16)17-14-11(10)5-4-6-12(14)15/h4-6,9H,1-3H3,(H2,16,17). The van der Waals surface area contributed by atoms with Crippen LogP contribution >= 0.6 is 0 Å². The number of halogens is 1. The first-order valence-corrected chi connectivity index (χ1v) is 9.25. The lowest BCUT2D eigenvalue weighted by Crippen LogP contribution is -2.16. The first kappa shape index (κ1) is 12.6. The lowest BCUT2D eigenvalue weighted by atomic mass is 10.1. The highest BCUT2D eigenvalue weighted by Gasteiger charge is 2.10. The number of benzene rings is 1. The number of nitrogen functional groups attached to an aromatic ring is 1. The summed E-state index contributed by atoms with van der Waals surface area (Å²) in [6.45, 7) is 6.48. The third kappa shape index (κ3) is 2.69. The van der Waals surface area contributed by atoms with Crippen LogP contribution in [0.5, 0.6) is 0 Å². The van der Waals surface area contributed by atoms with Crippen LogP contribution in [-0.4, -0.2) is 13.1 Å². The van der Waals surface area contributed by atoms with E-state index < -0.39 is 8.07 Å². The molecule has 0 aliphatic carbocycles. The average molecular weight is 258 g/mol. The summed E-state index contributed by atoms with van der Waals surface area (Å²) in [6, 6.07) is 6.56. The molecular formula is C14H15FN2Si. The Balaban J connectivity index is 2.70. The zero-order chi connectivity index (χ0) is 13.3. The molecule has 0 spiro atoms. The van der Waals surface area contributed by atoms with Crippen molar-refractivity contribution in [2.45, 2.75) is 19.6 Å².